The number of nitrogens with one attached hydrogen (secondary N) is 1. The minimum atomic E-state index is 0.412. The fraction of sp³-hybridized carbons (Fsp3) is 1.00. The van der Waals surface area contributed by atoms with Crippen molar-refractivity contribution in [2.24, 2.45) is 5.41 Å². The zero-order valence-electron chi connectivity index (χ0n) is 10.3. The Kier molecular flexibility index (Phi) is 4.39. The minimum Gasteiger partial charge on any atom is -0.315 e. The van der Waals surface area contributed by atoms with Crippen molar-refractivity contribution in [3.05, 3.63) is 0 Å². The van der Waals surface area contributed by atoms with Crippen molar-refractivity contribution < 1.29 is 0 Å². The zero-order chi connectivity index (χ0) is 10.6. The molecule has 1 rings (SSSR count). The van der Waals surface area contributed by atoms with E-state index < -0.39 is 0 Å². The lowest BCUT2D eigenvalue weighted by Gasteiger charge is -2.25. The summed E-state index contributed by atoms with van der Waals surface area (Å²) in [7, 11) is 0. The third kappa shape index (κ3) is 3.97. The van der Waals surface area contributed by atoms with E-state index in [4.69, 9.17) is 0 Å². The van der Waals surface area contributed by atoms with E-state index in [1.807, 2.05) is 0 Å². The second-order valence-electron chi connectivity index (χ2n) is 5.62. The van der Waals surface area contributed by atoms with Gasteiger partial charge in [-0.1, -0.05) is 27.7 Å². The van der Waals surface area contributed by atoms with Crippen LogP contribution in [-0.2, 0) is 0 Å². The van der Waals surface area contributed by atoms with Gasteiger partial charge in [0.25, 0.3) is 0 Å². The van der Waals surface area contributed by atoms with E-state index in [1.165, 1.54) is 32.5 Å². The van der Waals surface area contributed by atoms with Gasteiger partial charge in [-0.3, -0.25) is 4.90 Å². The Balaban J connectivity index is 2.18. The molecular formula is C12H26N2. The first kappa shape index (κ1) is 12.0. The Morgan fingerprint density at radius 3 is 2.64 bits per heavy atom. The molecule has 2 heteroatoms. The molecule has 0 bridgehead atoms. The van der Waals surface area contributed by atoms with E-state index in [0.717, 1.165) is 12.6 Å². The van der Waals surface area contributed by atoms with Crippen LogP contribution in [0.3, 0.4) is 0 Å². The van der Waals surface area contributed by atoms with Gasteiger partial charge in [0, 0.05) is 19.1 Å². The molecule has 0 saturated carbocycles. The quantitative estimate of drug-likeness (QED) is 0.744. The maximum Gasteiger partial charge on any atom is 0.0221 e. The summed E-state index contributed by atoms with van der Waals surface area (Å²) >= 11 is 0. The van der Waals surface area contributed by atoms with Crippen LogP contribution in [0.25, 0.3) is 0 Å². The zero-order valence-corrected chi connectivity index (χ0v) is 10.3. The van der Waals surface area contributed by atoms with E-state index in [9.17, 15) is 0 Å². The SMILES string of the molecule is CCN1CCC[C@@H]1CNCC(C)(C)C. The van der Waals surface area contributed by atoms with Crippen molar-refractivity contribution in [3.63, 3.8) is 0 Å². The summed E-state index contributed by atoms with van der Waals surface area (Å²) in [4.78, 5) is 2.59. The standard InChI is InChI=1S/C12H26N2/c1-5-14-8-6-7-11(14)9-13-10-12(2,3)4/h11,13H,5-10H2,1-4H3/t11-/m1/s1. The van der Waals surface area contributed by atoms with Crippen LogP contribution in [0.15, 0.2) is 0 Å². The summed E-state index contributed by atoms with van der Waals surface area (Å²) in [6.07, 6.45) is 2.76. The summed E-state index contributed by atoms with van der Waals surface area (Å²) in [5.74, 6) is 0. The Hall–Kier alpha value is -0.0800. The topological polar surface area (TPSA) is 15.3 Å². The van der Waals surface area contributed by atoms with E-state index in [0.29, 0.717) is 5.41 Å². The van der Waals surface area contributed by atoms with Gasteiger partial charge in [-0.05, 0) is 31.3 Å². The second kappa shape index (κ2) is 5.13. The molecule has 0 aliphatic carbocycles. The Labute approximate surface area is 89.1 Å². The number of hydrogen-bond donors (Lipinski definition) is 1. The van der Waals surface area contributed by atoms with Crippen LogP contribution < -0.4 is 5.32 Å². The number of hydrogen-bond acceptors (Lipinski definition) is 2. The molecule has 0 aromatic heterocycles. The largest absolute Gasteiger partial charge is 0.315 e. The summed E-state index contributed by atoms with van der Waals surface area (Å²) in [6.45, 7) is 13.9. The molecule has 1 N–H and O–H groups in total. The third-order valence-corrected chi connectivity index (χ3v) is 2.94. The molecule has 1 heterocycles. The highest BCUT2D eigenvalue weighted by Gasteiger charge is 2.22. The van der Waals surface area contributed by atoms with Gasteiger partial charge in [0.1, 0.15) is 0 Å². The van der Waals surface area contributed by atoms with Gasteiger partial charge < -0.3 is 5.32 Å². The molecule has 1 fully saturated rings. The van der Waals surface area contributed by atoms with Gasteiger partial charge in [0.2, 0.25) is 0 Å². The van der Waals surface area contributed by atoms with Crippen molar-refractivity contribution in [1.29, 1.82) is 0 Å². The Morgan fingerprint density at radius 1 is 1.36 bits per heavy atom. The molecular weight excluding hydrogens is 172 g/mol. The smallest absolute Gasteiger partial charge is 0.0221 e. The van der Waals surface area contributed by atoms with E-state index >= 15 is 0 Å². The fourth-order valence-corrected chi connectivity index (χ4v) is 2.16. The highest BCUT2D eigenvalue weighted by Crippen LogP contribution is 2.16. The first-order chi connectivity index (χ1) is 6.53. The van der Waals surface area contributed by atoms with Crippen molar-refractivity contribution >= 4 is 0 Å². The molecule has 0 radical (unpaired) electrons. The minimum absolute atomic E-state index is 0.412. The van der Waals surface area contributed by atoms with Crippen LogP contribution in [0.4, 0.5) is 0 Å². The number of likely N-dealkylation sites (N-methyl/N-ethyl adjacent to an activating group) is 1. The summed E-state index contributed by atoms with van der Waals surface area (Å²) in [6, 6.07) is 0.794. The lowest BCUT2D eigenvalue weighted by molar-refractivity contribution is 0.251. The molecule has 1 aliphatic heterocycles. The number of likely N-dealkylation sites (tertiary alicyclic amines) is 1. The predicted molar refractivity (Wildman–Crippen MR) is 62.6 cm³/mol. The molecule has 0 amide bonds. The molecule has 0 aromatic rings. The van der Waals surface area contributed by atoms with Crippen LogP contribution in [0.5, 0.6) is 0 Å². The van der Waals surface area contributed by atoms with Gasteiger partial charge in [0.05, 0.1) is 0 Å². The molecule has 14 heavy (non-hydrogen) atoms. The highest BCUT2D eigenvalue weighted by atomic mass is 15.2. The van der Waals surface area contributed by atoms with Crippen LogP contribution >= 0.6 is 0 Å². The predicted octanol–water partition coefficient (Wildman–Crippen LogP) is 2.11. The molecule has 0 unspecified atom stereocenters. The van der Waals surface area contributed by atoms with Crippen LogP contribution in [0, 0.1) is 5.41 Å². The Bertz CT molecular complexity index is 160. The number of rotatable bonds is 4. The maximum absolute atomic E-state index is 3.59. The summed E-state index contributed by atoms with van der Waals surface area (Å²) < 4.78 is 0. The van der Waals surface area contributed by atoms with Gasteiger partial charge in [0.15, 0.2) is 0 Å². The van der Waals surface area contributed by atoms with Crippen molar-refractivity contribution in [3.8, 4) is 0 Å². The van der Waals surface area contributed by atoms with Crippen molar-refractivity contribution in [2.45, 2.75) is 46.6 Å². The normalized spacial score (nSPS) is 24.4. The molecule has 1 atom stereocenters. The maximum atomic E-state index is 3.59. The van der Waals surface area contributed by atoms with Crippen LogP contribution in [0.2, 0.25) is 0 Å². The van der Waals surface area contributed by atoms with Gasteiger partial charge in [-0.25, -0.2) is 0 Å². The first-order valence-corrected chi connectivity index (χ1v) is 5.97. The third-order valence-electron chi connectivity index (χ3n) is 2.94. The molecule has 0 aromatic carbocycles. The lowest BCUT2D eigenvalue weighted by atomic mass is 9.97. The summed E-state index contributed by atoms with van der Waals surface area (Å²) in [5.41, 5.74) is 0.412. The average molecular weight is 198 g/mol. The molecule has 84 valence electrons. The van der Waals surface area contributed by atoms with Crippen LogP contribution in [-0.4, -0.2) is 37.1 Å². The molecule has 2 nitrogen and oxygen atoms in total. The van der Waals surface area contributed by atoms with Gasteiger partial charge >= 0.3 is 0 Å². The monoisotopic (exact) mass is 198 g/mol. The molecule has 1 aliphatic rings. The van der Waals surface area contributed by atoms with E-state index in [-0.39, 0.29) is 0 Å². The first-order valence-electron chi connectivity index (χ1n) is 5.97. The fourth-order valence-electron chi connectivity index (χ4n) is 2.16. The highest BCUT2D eigenvalue weighted by molar-refractivity contribution is 4.80. The van der Waals surface area contributed by atoms with Crippen molar-refractivity contribution in [2.75, 3.05) is 26.2 Å². The molecule has 0 spiro atoms. The van der Waals surface area contributed by atoms with Crippen LogP contribution in [0.1, 0.15) is 40.5 Å². The molecule has 1 saturated heterocycles. The van der Waals surface area contributed by atoms with Gasteiger partial charge in [-0.15, -0.1) is 0 Å². The number of nitrogens with zero attached hydrogens (tertiary/aromatic N) is 1. The van der Waals surface area contributed by atoms with Crippen molar-refractivity contribution in [1.82, 2.24) is 10.2 Å². The van der Waals surface area contributed by atoms with E-state index in [1.54, 1.807) is 0 Å². The second-order valence-corrected chi connectivity index (χ2v) is 5.62. The summed E-state index contributed by atoms with van der Waals surface area (Å²) in [5, 5.41) is 3.59. The average Bonchev–Trinajstić information content (AvgIpc) is 2.49. The Morgan fingerprint density at radius 2 is 2.07 bits per heavy atom. The lowest BCUT2D eigenvalue weighted by Crippen LogP contribution is -2.40. The van der Waals surface area contributed by atoms with E-state index in [2.05, 4.69) is 37.9 Å². The van der Waals surface area contributed by atoms with Gasteiger partial charge in [-0.2, -0.15) is 0 Å².